The predicted molar refractivity (Wildman–Crippen MR) is 85.2 cm³/mol. The Kier molecular flexibility index (Phi) is 5.90. The van der Waals surface area contributed by atoms with Gasteiger partial charge in [-0.3, -0.25) is 0 Å². The van der Waals surface area contributed by atoms with Gasteiger partial charge in [0.2, 0.25) is 0 Å². The Bertz CT molecular complexity index is 387. The molecule has 1 aromatic rings. The SMILES string of the molecule is CCNC(C)c1ccc(OC2CCCC(CC)C2)cc1. The largest absolute Gasteiger partial charge is 0.490 e. The smallest absolute Gasteiger partial charge is 0.119 e. The summed E-state index contributed by atoms with van der Waals surface area (Å²) in [4.78, 5) is 0. The summed E-state index contributed by atoms with van der Waals surface area (Å²) < 4.78 is 6.16. The number of nitrogens with one attached hydrogen (secondary N) is 1. The van der Waals surface area contributed by atoms with Crippen molar-refractivity contribution in [3.8, 4) is 5.75 Å². The Morgan fingerprint density at radius 1 is 1.20 bits per heavy atom. The zero-order valence-corrected chi connectivity index (χ0v) is 13.2. The van der Waals surface area contributed by atoms with E-state index in [1.54, 1.807) is 0 Å². The highest BCUT2D eigenvalue weighted by molar-refractivity contribution is 5.29. The maximum atomic E-state index is 6.16. The maximum Gasteiger partial charge on any atom is 0.119 e. The number of benzene rings is 1. The van der Waals surface area contributed by atoms with E-state index in [2.05, 4.69) is 50.4 Å². The standard InChI is InChI=1S/C18H29NO/c1-4-15-7-6-8-18(13-15)20-17-11-9-16(10-12-17)14(3)19-5-2/h9-12,14-15,18-19H,4-8,13H2,1-3H3. The van der Waals surface area contributed by atoms with Gasteiger partial charge >= 0.3 is 0 Å². The predicted octanol–water partition coefficient (Wildman–Crippen LogP) is 4.70. The van der Waals surface area contributed by atoms with Gasteiger partial charge < -0.3 is 10.1 Å². The van der Waals surface area contributed by atoms with Crippen molar-refractivity contribution in [1.82, 2.24) is 5.32 Å². The van der Waals surface area contributed by atoms with Crippen LogP contribution in [-0.2, 0) is 0 Å². The van der Waals surface area contributed by atoms with Gasteiger partial charge in [0.1, 0.15) is 5.75 Å². The van der Waals surface area contributed by atoms with Crippen LogP contribution in [0.2, 0.25) is 0 Å². The van der Waals surface area contributed by atoms with Crippen molar-refractivity contribution < 1.29 is 4.74 Å². The molecule has 2 nitrogen and oxygen atoms in total. The lowest BCUT2D eigenvalue weighted by atomic mass is 9.85. The molecule has 20 heavy (non-hydrogen) atoms. The molecule has 3 unspecified atom stereocenters. The van der Waals surface area contributed by atoms with E-state index in [0.717, 1.165) is 18.2 Å². The Labute approximate surface area is 123 Å². The van der Waals surface area contributed by atoms with E-state index >= 15 is 0 Å². The molecule has 3 atom stereocenters. The molecule has 0 heterocycles. The van der Waals surface area contributed by atoms with Gasteiger partial charge in [0, 0.05) is 6.04 Å². The van der Waals surface area contributed by atoms with Gasteiger partial charge in [0.25, 0.3) is 0 Å². The highest BCUT2D eigenvalue weighted by Crippen LogP contribution is 2.30. The second-order valence-electron chi connectivity index (χ2n) is 6.03. The fourth-order valence-electron chi connectivity index (χ4n) is 3.17. The highest BCUT2D eigenvalue weighted by atomic mass is 16.5. The third-order valence-electron chi connectivity index (χ3n) is 4.51. The summed E-state index contributed by atoms with van der Waals surface area (Å²) in [5, 5.41) is 3.44. The van der Waals surface area contributed by atoms with Crippen LogP contribution in [0.3, 0.4) is 0 Å². The van der Waals surface area contributed by atoms with Crippen LogP contribution >= 0.6 is 0 Å². The molecule has 2 heteroatoms. The third kappa shape index (κ3) is 4.24. The average Bonchev–Trinajstić information content (AvgIpc) is 2.48. The molecule has 1 saturated carbocycles. The molecule has 2 rings (SSSR count). The first-order chi connectivity index (χ1) is 9.72. The molecule has 0 aromatic heterocycles. The summed E-state index contributed by atoms with van der Waals surface area (Å²) in [7, 11) is 0. The molecule has 1 fully saturated rings. The Morgan fingerprint density at radius 3 is 2.60 bits per heavy atom. The molecule has 0 amide bonds. The number of rotatable bonds is 6. The fraction of sp³-hybridized carbons (Fsp3) is 0.667. The first-order valence-electron chi connectivity index (χ1n) is 8.22. The molecule has 0 aliphatic heterocycles. The lowest BCUT2D eigenvalue weighted by Gasteiger charge is -2.29. The van der Waals surface area contributed by atoms with E-state index in [1.807, 2.05) is 0 Å². The van der Waals surface area contributed by atoms with Crippen LogP contribution in [0.15, 0.2) is 24.3 Å². The quantitative estimate of drug-likeness (QED) is 0.812. The molecule has 0 saturated heterocycles. The summed E-state index contributed by atoms with van der Waals surface area (Å²) in [6.45, 7) is 7.64. The monoisotopic (exact) mass is 275 g/mol. The van der Waals surface area contributed by atoms with Gasteiger partial charge in [-0.05, 0) is 56.3 Å². The van der Waals surface area contributed by atoms with E-state index in [9.17, 15) is 0 Å². The lowest BCUT2D eigenvalue weighted by Crippen LogP contribution is -2.25. The second kappa shape index (κ2) is 7.68. The van der Waals surface area contributed by atoms with E-state index < -0.39 is 0 Å². The molecule has 0 bridgehead atoms. The third-order valence-corrected chi connectivity index (χ3v) is 4.51. The normalized spacial score (nSPS) is 24.4. The highest BCUT2D eigenvalue weighted by Gasteiger charge is 2.22. The van der Waals surface area contributed by atoms with Crippen molar-refractivity contribution in [2.75, 3.05) is 6.54 Å². The van der Waals surface area contributed by atoms with Crippen LogP contribution in [0, 0.1) is 5.92 Å². The Morgan fingerprint density at radius 2 is 1.95 bits per heavy atom. The summed E-state index contributed by atoms with van der Waals surface area (Å²) in [5.74, 6) is 1.89. The zero-order chi connectivity index (χ0) is 14.4. The summed E-state index contributed by atoms with van der Waals surface area (Å²) in [5.41, 5.74) is 1.33. The van der Waals surface area contributed by atoms with Crippen LogP contribution in [0.5, 0.6) is 5.75 Å². The Balaban J connectivity index is 1.90. The number of hydrogen-bond donors (Lipinski definition) is 1. The van der Waals surface area contributed by atoms with Gasteiger partial charge in [-0.15, -0.1) is 0 Å². The van der Waals surface area contributed by atoms with Crippen molar-refractivity contribution in [1.29, 1.82) is 0 Å². The van der Waals surface area contributed by atoms with E-state index in [0.29, 0.717) is 12.1 Å². The number of ether oxygens (including phenoxy) is 1. The maximum absolute atomic E-state index is 6.16. The molecule has 1 aliphatic carbocycles. The average molecular weight is 275 g/mol. The Hall–Kier alpha value is -1.02. The van der Waals surface area contributed by atoms with Crippen LogP contribution in [0.1, 0.15) is 64.5 Å². The lowest BCUT2D eigenvalue weighted by molar-refractivity contribution is 0.122. The first kappa shape index (κ1) is 15.4. The molecule has 0 spiro atoms. The minimum atomic E-state index is 0.410. The minimum absolute atomic E-state index is 0.410. The van der Waals surface area contributed by atoms with Crippen LogP contribution in [0.4, 0.5) is 0 Å². The summed E-state index contributed by atoms with van der Waals surface area (Å²) in [6.07, 6.45) is 6.86. The van der Waals surface area contributed by atoms with Crippen molar-refractivity contribution in [3.05, 3.63) is 29.8 Å². The van der Waals surface area contributed by atoms with E-state index in [1.165, 1.54) is 37.7 Å². The molecular weight excluding hydrogens is 246 g/mol. The van der Waals surface area contributed by atoms with Gasteiger partial charge in [-0.2, -0.15) is 0 Å². The zero-order valence-electron chi connectivity index (χ0n) is 13.2. The number of hydrogen-bond acceptors (Lipinski definition) is 2. The molecule has 112 valence electrons. The topological polar surface area (TPSA) is 21.3 Å². The molecule has 1 N–H and O–H groups in total. The van der Waals surface area contributed by atoms with Gasteiger partial charge in [-0.1, -0.05) is 38.8 Å². The molecule has 1 aliphatic rings. The van der Waals surface area contributed by atoms with Crippen LogP contribution < -0.4 is 10.1 Å². The fourth-order valence-corrected chi connectivity index (χ4v) is 3.17. The minimum Gasteiger partial charge on any atom is -0.490 e. The van der Waals surface area contributed by atoms with Crippen molar-refractivity contribution >= 4 is 0 Å². The van der Waals surface area contributed by atoms with Crippen LogP contribution in [0.25, 0.3) is 0 Å². The molecule has 1 aromatic carbocycles. The van der Waals surface area contributed by atoms with Gasteiger partial charge in [0.15, 0.2) is 0 Å². The van der Waals surface area contributed by atoms with Gasteiger partial charge in [0.05, 0.1) is 6.10 Å². The molecular formula is C18H29NO. The van der Waals surface area contributed by atoms with Crippen molar-refractivity contribution in [2.24, 2.45) is 5.92 Å². The van der Waals surface area contributed by atoms with Crippen molar-refractivity contribution in [2.45, 2.75) is 65.0 Å². The molecule has 0 radical (unpaired) electrons. The summed E-state index contributed by atoms with van der Waals surface area (Å²) in [6, 6.07) is 9.02. The summed E-state index contributed by atoms with van der Waals surface area (Å²) >= 11 is 0. The van der Waals surface area contributed by atoms with Gasteiger partial charge in [-0.25, -0.2) is 0 Å². The van der Waals surface area contributed by atoms with Crippen molar-refractivity contribution in [3.63, 3.8) is 0 Å². The van der Waals surface area contributed by atoms with E-state index in [-0.39, 0.29) is 0 Å². The second-order valence-corrected chi connectivity index (χ2v) is 6.03. The van der Waals surface area contributed by atoms with E-state index in [4.69, 9.17) is 4.74 Å². The van der Waals surface area contributed by atoms with Crippen LogP contribution in [-0.4, -0.2) is 12.6 Å². The first-order valence-corrected chi connectivity index (χ1v) is 8.22.